The Kier molecular flexibility index (Phi) is 4.50. The molecular weight excluding hydrogens is 306 g/mol. The van der Waals surface area contributed by atoms with Gasteiger partial charge < -0.3 is 10.8 Å². The maximum absolute atomic E-state index is 11.7. The Labute approximate surface area is 122 Å². The lowest BCUT2D eigenvalue weighted by atomic mass is 9.73. The van der Waals surface area contributed by atoms with Gasteiger partial charge in [-0.05, 0) is 52.2 Å². The molecular formula is C15H20BrNO2. The molecule has 1 aromatic rings. The van der Waals surface area contributed by atoms with Crippen molar-refractivity contribution in [1.29, 1.82) is 0 Å². The van der Waals surface area contributed by atoms with Gasteiger partial charge in [-0.25, -0.2) is 0 Å². The van der Waals surface area contributed by atoms with Crippen LogP contribution < -0.4 is 5.73 Å². The molecule has 0 bridgehead atoms. The van der Waals surface area contributed by atoms with Crippen molar-refractivity contribution in [2.24, 2.45) is 11.8 Å². The summed E-state index contributed by atoms with van der Waals surface area (Å²) in [5.74, 6) is -0.329. The summed E-state index contributed by atoms with van der Waals surface area (Å²) in [6.45, 7) is 2.24. The van der Waals surface area contributed by atoms with Gasteiger partial charge in [0.1, 0.15) is 0 Å². The van der Waals surface area contributed by atoms with Crippen LogP contribution in [0.4, 0.5) is 5.69 Å². The molecule has 1 saturated carbocycles. The van der Waals surface area contributed by atoms with Crippen LogP contribution >= 0.6 is 15.9 Å². The van der Waals surface area contributed by atoms with E-state index in [0.717, 1.165) is 35.7 Å². The summed E-state index contributed by atoms with van der Waals surface area (Å²) in [5.41, 5.74) is 7.36. The number of carboxylic acids is 1. The molecule has 0 amide bonds. The Bertz CT molecular complexity index is 467. The van der Waals surface area contributed by atoms with Gasteiger partial charge >= 0.3 is 5.97 Å². The lowest BCUT2D eigenvalue weighted by molar-refractivity contribution is -0.140. The lowest BCUT2D eigenvalue weighted by Crippen LogP contribution is -2.26. The molecule has 0 spiro atoms. The van der Waals surface area contributed by atoms with Crippen LogP contribution in [0.5, 0.6) is 0 Å². The van der Waals surface area contributed by atoms with Crippen molar-refractivity contribution in [3.63, 3.8) is 0 Å². The molecule has 3 nitrogen and oxygen atoms in total. The first-order chi connectivity index (χ1) is 9.00. The predicted molar refractivity (Wildman–Crippen MR) is 80.1 cm³/mol. The Balaban J connectivity index is 2.30. The average molecular weight is 326 g/mol. The van der Waals surface area contributed by atoms with Gasteiger partial charge in [-0.1, -0.05) is 31.9 Å². The third-order valence-corrected chi connectivity index (χ3v) is 4.91. The van der Waals surface area contributed by atoms with E-state index in [9.17, 15) is 9.90 Å². The van der Waals surface area contributed by atoms with E-state index < -0.39 is 11.9 Å². The van der Waals surface area contributed by atoms with E-state index in [-0.39, 0.29) is 5.92 Å². The first kappa shape index (κ1) is 14.4. The fourth-order valence-corrected chi connectivity index (χ4v) is 3.41. The Morgan fingerprint density at radius 3 is 2.58 bits per heavy atom. The van der Waals surface area contributed by atoms with Gasteiger partial charge in [0.2, 0.25) is 0 Å². The second-order valence-corrected chi connectivity index (χ2v) is 6.43. The second-order valence-electron chi connectivity index (χ2n) is 5.58. The topological polar surface area (TPSA) is 63.3 Å². The molecule has 0 saturated heterocycles. The third-order valence-electron chi connectivity index (χ3n) is 4.22. The van der Waals surface area contributed by atoms with Crippen LogP contribution in [-0.4, -0.2) is 11.1 Å². The summed E-state index contributed by atoms with van der Waals surface area (Å²) < 4.78 is 0.778. The van der Waals surface area contributed by atoms with Crippen molar-refractivity contribution < 1.29 is 9.90 Å². The quantitative estimate of drug-likeness (QED) is 0.825. The van der Waals surface area contributed by atoms with Gasteiger partial charge in [-0.15, -0.1) is 0 Å². The number of anilines is 1. The molecule has 0 heterocycles. The maximum atomic E-state index is 11.7. The summed E-state index contributed by atoms with van der Waals surface area (Å²) in [6, 6.07) is 5.55. The Hall–Kier alpha value is -1.03. The fraction of sp³-hybridized carbons (Fsp3) is 0.533. The summed E-state index contributed by atoms with van der Waals surface area (Å²) in [5, 5.41) is 9.59. The zero-order valence-corrected chi connectivity index (χ0v) is 12.7. The van der Waals surface area contributed by atoms with E-state index in [0.29, 0.717) is 11.6 Å². The Morgan fingerprint density at radius 2 is 2.00 bits per heavy atom. The van der Waals surface area contributed by atoms with Crippen molar-refractivity contribution in [1.82, 2.24) is 0 Å². The summed E-state index contributed by atoms with van der Waals surface area (Å²) >= 11 is 3.38. The van der Waals surface area contributed by atoms with Crippen LogP contribution in [0, 0.1) is 11.8 Å². The number of carbonyl (C=O) groups is 1. The lowest BCUT2D eigenvalue weighted by Gasteiger charge is -2.31. The van der Waals surface area contributed by atoms with Crippen LogP contribution in [0.1, 0.15) is 44.1 Å². The first-order valence-corrected chi connectivity index (χ1v) is 7.56. The molecule has 4 heteroatoms. The second kappa shape index (κ2) is 5.95. The molecule has 1 aromatic carbocycles. The highest BCUT2D eigenvalue weighted by atomic mass is 79.9. The number of aliphatic carboxylic acids is 1. The van der Waals surface area contributed by atoms with Gasteiger partial charge in [-0.3, -0.25) is 4.79 Å². The predicted octanol–water partition coefficient (Wildman–Crippen LogP) is 4.03. The number of hydrogen-bond acceptors (Lipinski definition) is 2. The molecule has 0 aromatic heterocycles. The first-order valence-electron chi connectivity index (χ1n) is 6.77. The minimum absolute atomic E-state index is 0.199. The van der Waals surface area contributed by atoms with E-state index in [1.165, 1.54) is 0 Å². The normalized spacial score (nSPS) is 24.9. The molecule has 1 fully saturated rings. The van der Waals surface area contributed by atoms with Crippen LogP contribution in [0.2, 0.25) is 0 Å². The third kappa shape index (κ3) is 3.11. The molecule has 3 N–H and O–H groups in total. The number of carboxylic acid groups (broad SMARTS) is 1. The highest BCUT2D eigenvalue weighted by Crippen LogP contribution is 2.41. The van der Waals surface area contributed by atoms with E-state index in [4.69, 9.17) is 5.73 Å². The molecule has 1 unspecified atom stereocenters. The fourth-order valence-electron chi connectivity index (χ4n) is 3.03. The average Bonchev–Trinajstić information content (AvgIpc) is 2.37. The van der Waals surface area contributed by atoms with Crippen LogP contribution in [0.15, 0.2) is 22.7 Å². The number of halogens is 1. The maximum Gasteiger partial charge on any atom is 0.311 e. The smallest absolute Gasteiger partial charge is 0.311 e. The number of para-hydroxylation sites is 1. The van der Waals surface area contributed by atoms with E-state index >= 15 is 0 Å². The van der Waals surface area contributed by atoms with E-state index in [1.807, 2.05) is 18.2 Å². The van der Waals surface area contributed by atoms with E-state index in [2.05, 4.69) is 22.9 Å². The summed E-state index contributed by atoms with van der Waals surface area (Å²) in [6.07, 6.45) is 4.18. The van der Waals surface area contributed by atoms with Crippen LogP contribution in [-0.2, 0) is 4.79 Å². The molecule has 2 rings (SSSR count). The van der Waals surface area contributed by atoms with Crippen molar-refractivity contribution in [2.75, 3.05) is 5.73 Å². The van der Waals surface area contributed by atoms with Gasteiger partial charge in [-0.2, -0.15) is 0 Å². The van der Waals surface area contributed by atoms with Gasteiger partial charge in [0.05, 0.1) is 5.92 Å². The van der Waals surface area contributed by atoms with Crippen LogP contribution in [0.3, 0.4) is 0 Å². The number of hydrogen-bond donors (Lipinski definition) is 2. The molecule has 104 valence electrons. The summed E-state index contributed by atoms with van der Waals surface area (Å²) in [4.78, 5) is 11.7. The highest BCUT2D eigenvalue weighted by Gasteiger charge is 2.33. The zero-order chi connectivity index (χ0) is 14.0. The SMILES string of the molecule is CC1CCC(C(C(=O)O)c2cccc(Br)c2N)CC1. The largest absolute Gasteiger partial charge is 0.481 e. The number of rotatable bonds is 3. The van der Waals surface area contributed by atoms with Crippen molar-refractivity contribution in [2.45, 2.75) is 38.5 Å². The number of nitrogens with two attached hydrogens (primary N) is 1. The monoisotopic (exact) mass is 325 g/mol. The zero-order valence-electron chi connectivity index (χ0n) is 11.1. The molecule has 1 aliphatic rings. The van der Waals surface area contributed by atoms with Gasteiger partial charge in [0.15, 0.2) is 0 Å². The van der Waals surface area contributed by atoms with Crippen molar-refractivity contribution in [3.8, 4) is 0 Å². The van der Waals surface area contributed by atoms with Gasteiger partial charge in [0, 0.05) is 10.2 Å². The molecule has 19 heavy (non-hydrogen) atoms. The van der Waals surface area contributed by atoms with Crippen LogP contribution in [0.25, 0.3) is 0 Å². The van der Waals surface area contributed by atoms with Crippen molar-refractivity contribution in [3.05, 3.63) is 28.2 Å². The standard InChI is InChI=1S/C15H20BrNO2/c1-9-5-7-10(8-6-9)13(15(18)19)11-3-2-4-12(16)14(11)17/h2-4,9-10,13H,5-8,17H2,1H3,(H,18,19). The minimum atomic E-state index is -0.760. The van der Waals surface area contributed by atoms with Gasteiger partial charge in [0.25, 0.3) is 0 Å². The molecule has 1 aliphatic carbocycles. The molecule has 0 aliphatic heterocycles. The highest BCUT2D eigenvalue weighted by molar-refractivity contribution is 9.10. The van der Waals surface area contributed by atoms with Crippen molar-refractivity contribution >= 4 is 27.6 Å². The van der Waals surface area contributed by atoms with E-state index in [1.54, 1.807) is 0 Å². The Morgan fingerprint density at radius 1 is 1.37 bits per heavy atom. The molecule has 1 atom stereocenters. The number of benzene rings is 1. The summed E-state index contributed by atoms with van der Waals surface area (Å²) in [7, 11) is 0. The molecule has 0 radical (unpaired) electrons. The number of nitrogen functional groups attached to an aromatic ring is 1. The minimum Gasteiger partial charge on any atom is -0.481 e.